The molecule has 3 rings (SSSR count). The first-order valence-corrected chi connectivity index (χ1v) is 6.97. The van der Waals surface area contributed by atoms with Crippen molar-refractivity contribution in [2.24, 2.45) is 0 Å². The summed E-state index contributed by atoms with van der Waals surface area (Å²) in [5.41, 5.74) is 1.70. The van der Waals surface area contributed by atoms with Crippen molar-refractivity contribution >= 4 is 16.7 Å². The molecule has 2 aromatic carbocycles. The van der Waals surface area contributed by atoms with E-state index >= 15 is 0 Å². The number of aromatic nitrogens is 1. The Morgan fingerprint density at radius 3 is 2.55 bits per heavy atom. The van der Waals surface area contributed by atoms with Gasteiger partial charge in [0.15, 0.2) is 11.2 Å². The number of phenolic OH excluding ortho intramolecular Hbond substituents is 1. The lowest BCUT2D eigenvalue weighted by Crippen LogP contribution is -2.10. The van der Waals surface area contributed by atoms with Gasteiger partial charge in [0.25, 0.3) is 0 Å². The molecule has 0 bridgehead atoms. The third-order valence-electron chi connectivity index (χ3n) is 3.67. The van der Waals surface area contributed by atoms with E-state index in [2.05, 4.69) is 0 Å². The van der Waals surface area contributed by atoms with E-state index in [0.717, 1.165) is 5.56 Å². The molecule has 4 nitrogen and oxygen atoms in total. The van der Waals surface area contributed by atoms with Crippen molar-refractivity contribution in [3.8, 4) is 5.75 Å². The molecular weight excluding hydrogens is 278 g/mol. The van der Waals surface area contributed by atoms with Gasteiger partial charge in [0, 0.05) is 30.3 Å². The van der Waals surface area contributed by atoms with Gasteiger partial charge in [-0.3, -0.25) is 9.59 Å². The molecule has 0 saturated heterocycles. The number of benzene rings is 2. The predicted molar refractivity (Wildman–Crippen MR) is 85.4 cm³/mol. The van der Waals surface area contributed by atoms with Crippen LogP contribution in [0.25, 0.3) is 10.9 Å². The van der Waals surface area contributed by atoms with Gasteiger partial charge in [0.05, 0.1) is 11.1 Å². The minimum Gasteiger partial charge on any atom is -0.507 e. The molecule has 0 radical (unpaired) electrons. The molecule has 22 heavy (non-hydrogen) atoms. The molecule has 110 valence electrons. The van der Waals surface area contributed by atoms with Crippen molar-refractivity contribution in [1.29, 1.82) is 0 Å². The lowest BCUT2D eigenvalue weighted by molar-refractivity contribution is 0.101. The summed E-state index contributed by atoms with van der Waals surface area (Å²) >= 11 is 0. The maximum Gasteiger partial charge on any atom is 0.189 e. The summed E-state index contributed by atoms with van der Waals surface area (Å²) in [6.07, 6.45) is 1.70. The number of fused-ring (bicyclic) bond motifs is 1. The van der Waals surface area contributed by atoms with Gasteiger partial charge in [-0.1, -0.05) is 30.3 Å². The second-order valence-electron chi connectivity index (χ2n) is 5.24. The van der Waals surface area contributed by atoms with Crippen molar-refractivity contribution in [2.75, 3.05) is 0 Å². The molecule has 0 unspecified atom stereocenters. The fourth-order valence-electron chi connectivity index (χ4n) is 2.54. The van der Waals surface area contributed by atoms with Crippen LogP contribution in [0.1, 0.15) is 22.8 Å². The van der Waals surface area contributed by atoms with E-state index < -0.39 is 0 Å². The largest absolute Gasteiger partial charge is 0.507 e. The molecule has 0 amide bonds. The maximum atomic E-state index is 12.1. The smallest absolute Gasteiger partial charge is 0.189 e. The third kappa shape index (κ3) is 2.51. The first kappa shape index (κ1) is 14.1. The Balaban J connectivity index is 2.20. The molecule has 1 aromatic heterocycles. The van der Waals surface area contributed by atoms with Crippen LogP contribution in [0.15, 0.2) is 59.5 Å². The molecule has 0 aliphatic rings. The average molecular weight is 293 g/mol. The van der Waals surface area contributed by atoms with Gasteiger partial charge >= 0.3 is 0 Å². The zero-order valence-electron chi connectivity index (χ0n) is 12.1. The van der Waals surface area contributed by atoms with Crippen molar-refractivity contribution < 1.29 is 9.90 Å². The van der Waals surface area contributed by atoms with E-state index in [0.29, 0.717) is 17.4 Å². The zero-order chi connectivity index (χ0) is 15.7. The number of aromatic hydroxyl groups is 1. The van der Waals surface area contributed by atoms with Gasteiger partial charge in [0.1, 0.15) is 5.75 Å². The molecule has 3 aromatic rings. The molecule has 0 spiro atoms. The van der Waals surface area contributed by atoms with Crippen LogP contribution < -0.4 is 5.43 Å². The quantitative estimate of drug-likeness (QED) is 0.755. The minimum absolute atomic E-state index is 0.104. The van der Waals surface area contributed by atoms with E-state index in [4.69, 9.17) is 0 Å². The number of rotatable bonds is 3. The van der Waals surface area contributed by atoms with Gasteiger partial charge in [0.2, 0.25) is 0 Å². The number of Topliss-reactive ketones (excluding diaryl/α,β-unsaturated/α-hetero) is 1. The van der Waals surface area contributed by atoms with Gasteiger partial charge < -0.3 is 9.67 Å². The zero-order valence-corrected chi connectivity index (χ0v) is 12.1. The lowest BCUT2D eigenvalue weighted by Gasteiger charge is -2.12. The summed E-state index contributed by atoms with van der Waals surface area (Å²) in [5.74, 6) is -0.371. The molecule has 0 atom stereocenters. The van der Waals surface area contributed by atoms with Crippen LogP contribution in [0, 0.1) is 0 Å². The molecule has 0 aliphatic heterocycles. The summed E-state index contributed by atoms with van der Waals surface area (Å²) in [5, 5.41) is 10.5. The number of pyridine rings is 1. The Hall–Kier alpha value is -2.88. The number of hydrogen-bond acceptors (Lipinski definition) is 3. The van der Waals surface area contributed by atoms with Crippen LogP contribution in [0.3, 0.4) is 0 Å². The Morgan fingerprint density at radius 1 is 1.14 bits per heavy atom. The van der Waals surface area contributed by atoms with Crippen LogP contribution in [0.4, 0.5) is 0 Å². The van der Waals surface area contributed by atoms with Gasteiger partial charge in [-0.25, -0.2) is 0 Å². The summed E-state index contributed by atoms with van der Waals surface area (Å²) in [6, 6.07) is 14.3. The number of carbonyl (C=O) groups excluding carboxylic acids is 1. The van der Waals surface area contributed by atoms with E-state index in [1.54, 1.807) is 6.20 Å². The normalized spacial score (nSPS) is 10.8. The van der Waals surface area contributed by atoms with E-state index in [1.807, 2.05) is 34.9 Å². The number of ketones is 1. The van der Waals surface area contributed by atoms with Crippen LogP contribution in [0.2, 0.25) is 0 Å². The minimum atomic E-state index is -0.266. The highest BCUT2D eigenvalue weighted by Crippen LogP contribution is 2.24. The molecule has 0 aliphatic carbocycles. The van der Waals surface area contributed by atoms with E-state index in [9.17, 15) is 14.7 Å². The Kier molecular flexibility index (Phi) is 3.51. The summed E-state index contributed by atoms with van der Waals surface area (Å²) in [7, 11) is 0. The summed E-state index contributed by atoms with van der Waals surface area (Å²) in [4.78, 5) is 23.6. The Morgan fingerprint density at radius 2 is 1.86 bits per heavy atom. The standard InChI is InChI=1S/C18H15NO3/c1-12(20)14-9-15-16(10-18(14)22)19(8-7-17(15)21)11-13-5-3-2-4-6-13/h2-10,22H,11H2,1H3. The molecular formula is C18H15NO3. The van der Waals surface area contributed by atoms with Crippen LogP contribution in [-0.2, 0) is 6.54 Å². The molecule has 0 fully saturated rings. The van der Waals surface area contributed by atoms with Gasteiger partial charge in [-0.15, -0.1) is 0 Å². The monoisotopic (exact) mass is 293 g/mol. The topological polar surface area (TPSA) is 59.3 Å². The first-order valence-electron chi connectivity index (χ1n) is 6.97. The van der Waals surface area contributed by atoms with Crippen molar-refractivity contribution in [1.82, 2.24) is 4.57 Å². The highest BCUT2D eigenvalue weighted by molar-refractivity contribution is 6.00. The Bertz CT molecular complexity index is 911. The van der Waals surface area contributed by atoms with E-state index in [-0.39, 0.29) is 22.5 Å². The summed E-state index contributed by atoms with van der Waals surface area (Å²) < 4.78 is 1.88. The van der Waals surface area contributed by atoms with Crippen LogP contribution in [0.5, 0.6) is 5.75 Å². The molecule has 4 heteroatoms. The fraction of sp³-hybridized carbons (Fsp3) is 0.111. The Labute approximate surface area is 127 Å². The van der Waals surface area contributed by atoms with Crippen LogP contribution in [-0.4, -0.2) is 15.5 Å². The maximum absolute atomic E-state index is 12.1. The number of phenols is 1. The van der Waals surface area contributed by atoms with E-state index in [1.165, 1.54) is 25.1 Å². The number of nitrogens with zero attached hydrogens (tertiary/aromatic N) is 1. The fourth-order valence-corrected chi connectivity index (χ4v) is 2.54. The third-order valence-corrected chi connectivity index (χ3v) is 3.67. The lowest BCUT2D eigenvalue weighted by atomic mass is 10.1. The first-order chi connectivity index (χ1) is 10.6. The highest BCUT2D eigenvalue weighted by Gasteiger charge is 2.12. The number of carbonyl (C=O) groups is 1. The SMILES string of the molecule is CC(=O)c1cc2c(=O)ccn(Cc3ccccc3)c2cc1O. The van der Waals surface area contributed by atoms with Crippen molar-refractivity contribution in [3.63, 3.8) is 0 Å². The van der Waals surface area contributed by atoms with Crippen molar-refractivity contribution in [3.05, 3.63) is 76.1 Å². The average Bonchev–Trinajstić information content (AvgIpc) is 2.50. The summed E-state index contributed by atoms with van der Waals surface area (Å²) in [6.45, 7) is 1.95. The van der Waals surface area contributed by atoms with Gasteiger partial charge in [-0.2, -0.15) is 0 Å². The second-order valence-corrected chi connectivity index (χ2v) is 5.24. The second kappa shape index (κ2) is 5.48. The molecule has 0 saturated carbocycles. The number of hydrogen-bond donors (Lipinski definition) is 1. The van der Waals surface area contributed by atoms with Gasteiger partial charge in [-0.05, 0) is 18.6 Å². The van der Waals surface area contributed by atoms with Crippen LogP contribution >= 0.6 is 0 Å². The highest BCUT2D eigenvalue weighted by atomic mass is 16.3. The molecule has 1 heterocycles. The molecule has 1 N–H and O–H groups in total. The predicted octanol–water partition coefficient (Wildman–Crippen LogP) is 2.96. The van der Waals surface area contributed by atoms with Crippen molar-refractivity contribution in [2.45, 2.75) is 13.5 Å².